The number of hydrogen-bond acceptors (Lipinski definition) is 3. The van der Waals surface area contributed by atoms with Crippen molar-refractivity contribution >= 4 is 11.6 Å². The van der Waals surface area contributed by atoms with Crippen molar-refractivity contribution in [3.63, 3.8) is 0 Å². The molecule has 1 aromatic rings. The summed E-state index contributed by atoms with van der Waals surface area (Å²) in [6, 6.07) is 3.98. The third-order valence-corrected chi connectivity index (χ3v) is 3.13. The maximum Gasteiger partial charge on any atom is 0.123 e. The number of methoxy groups -OCH3 is 1. The van der Waals surface area contributed by atoms with E-state index >= 15 is 0 Å². The Morgan fingerprint density at radius 1 is 1.53 bits per heavy atom. The predicted octanol–water partition coefficient (Wildman–Crippen LogP) is 2.80. The Kier molecular flexibility index (Phi) is 4.89. The number of ether oxygens (including phenoxy) is 1. The molecule has 3 N–H and O–H groups in total. The van der Waals surface area contributed by atoms with Gasteiger partial charge in [0.25, 0.3) is 0 Å². The number of hydrazine groups is 1. The monoisotopic (exact) mass is 260 g/mol. The van der Waals surface area contributed by atoms with Crippen LogP contribution in [0, 0.1) is 5.82 Å². The lowest BCUT2D eigenvalue weighted by Gasteiger charge is -2.28. The van der Waals surface area contributed by atoms with E-state index in [1.807, 2.05) is 13.8 Å². The third kappa shape index (κ3) is 3.92. The van der Waals surface area contributed by atoms with Crippen LogP contribution in [-0.2, 0) is 4.74 Å². The zero-order chi connectivity index (χ0) is 13.1. The van der Waals surface area contributed by atoms with Gasteiger partial charge in [-0.2, -0.15) is 0 Å². The highest BCUT2D eigenvalue weighted by atomic mass is 35.5. The summed E-state index contributed by atoms with van der Waals surface area (Å²) in [6.45, 7) is 3.87. The molecule has 0 radical (unpaired) electrons. The lowest BCUT2D eigenvalue weighted by molar-refractivity contribution is 0.00680. The SMILES string of the molecule is COC(C)(C)CC(NN)c1cc(F)ccc1Cl. The van der Waals surface area contributed by atoms with E-state index < -0.39 is 0 Å². The Balaban J connectivity index is 2.97. The van der Waals surface area contributed by atoms with Gasteiger partial charge in [0.2, 0.25) is 0 Å². The van der Waals surface area contributed by atoms with Crippen molar-refractivity contribution in [2.75, 3.05) is 7.11 Å². The van der Waals surface area contributed by atoms with Gasteiger partial charge < -0.3 is 4.74 Å². The standard InChI is InChI=1S/C12H18ClFN2O/c1-12(2,17-3)7-11(16-15)9-6-8(14)4-5-10(9)13/h4-6,11,16H,7,15H2,1-3H3. The van der Waals surface area contributed by atoms with Crippen LogP contribution in [-0.4, -0.2) is 12.7 Å². The Morgan fingerprint density at radius 2 is 2.18 bits per heavy atom. The van der Waals surface area contributed by atoms with Gasteiger partial charge in [0, 0.05) is 12.1 Å². The molecule has 0 aliphatic carbocycles. The fraction of sp³-hybridized carbons (Fsp3) is 0.500. The predicted molar refractivity (Wildman–Crippen MR) is 67.2 cm³/mol. The Morgan fingerprint density at radius 3 is 2.71 bits per heavy atom. The molecular formula is C12H18ClFN2O. The number of nitrogens with one attached hydrogen (secondary N) is 1. The smallest absolute Gasteiger partial charge is 0.123 e. The Labute approximate surface area is 106 Å². The summed E-state index contributed by atoms with van der Waals surface area (Å²) in [4.78, 5) is 0. The van der Waals surface area contributed by atoms with Gasteiger partial charge in [0.05, 0.1) is 11.6 Å². The third-order valence-electron chi connectivity index (χ3n) is 2.78. The van der Waals surface area contributed by atoms with Crippen LogP contribution in [0.2, 0.25) is 5.02 Å². The maximum atomic E-state index is 13.2. The average Bonchev–Trinajstić information content (AvgIpc) is 2.29. The van der Waals surface area contributed by atoms with E-state index in [4.69, 9.17) is 22.2 Å². The van der Waals surface area contributed by atoms with Gasteiger partial charge >= 0.3 is 0 Å². The topological polar surface area (TPSA) is 47.3 Å². The highest BCUT2D eigenvalue weighted by molar-refractivity contribution is 6.31. The molecule has 0 aromatic heterocycles. The normalized spacial score (nSPS) is 13.8. The molecular weight excluding hydrogens is 243 g/mol. The molecule has 0 spiro atoms. The molecule has 0 amide bonds. The van der Waals surface area contributed by atoms with Gasteiger partial charge in [0.1, 0.15) is 5.82 Å². The first-order valence-electron chi connectivity index (χ1n) is 5.36. The molecule has 0 fully saturated rings. The summed E-state index contributed by atoms with van der Waals surface area (Å²) in [5.74, 6) is 5.17. The molecule has 17 heavy (non-hydrogen) atoms. The first kappa shape index (κ1) is 14.4. The van der Waals surface area contributed by atoms with Crippen LogP contribution in [0.15, 0.2) is 18.2 Å². The summed E-state index contributed by atoms with van der Waals surface area (Å²) >= 11 is 6.04. The second kappa shape index (κ2) is 5.78. The molecule has 0 saturated heterocycles. The minimum absolute atomic E-state index is 0.256. The molecule has 3 nitrogen and oxygen atoms in total. The second-order valence-electron chi connectivity index (χ2n) is 4.55. The maximum absolute atomic E-state index is 13.2. The van der Waals surface area contributed by atoms with Gasteiger partial charge in [-0.05, 0) is 44.0 Å². The van der Waals surface area contributed by atoms with Gasteiger partial charge in [-0.25, -0.2) is 4.39 Å². The van der Waals surface area contributed by atoms with E-state index in [0.717, 1.165) is 0 Å². The average molecular weight is 261 g/mol. The molecule has 1 unspecified atom stereocenters. The molecule has 1 atom stereocenters. The molecule has 96 valence electrons. The number of nitrogens with two attached hydrogens (primary N) is 1. The quantitative estimate of drug-likeness (QED) is 0.632. The lowest BCUT2D eigenvalue weighted by atomic mass is 9.94. The Hall–Kier alpha value is -0.680. The molecule has 0 aliphatic heterocycles. The van der Waals surface area contributed by atoms with Crippen molar-refractivity contribution in [3.8, 4) is 0 Å². The Bertz CT molecular complexity index is 385. The van der Waals surface area contributed by atoms with E-state index in [9.17, 15) is 4.39 Å². The summed E-state index contributed by atoms with van der Waals surface area (Å²) < 4.78 is 18.5. The molecule has 1 rings (SSSR count). The van der Waals surface area contributed by atoms with Crippen molar-refractivity contribution in [3.05, 3.63) is 34.6 Å². The number of benzene rings is 1. The van der Waals surface area contributed by atoms with Crippen molar-refractivity contribution in [1.29, 1.82) is 0 Å². The number of hydrogen-bond donors (Lipinski definition) is 2. The van der Waals surface area contributed by atoms with Crippen LogP contribution in [0.25, 0.3) is 0 Å². The van der Waals surface area contributed by atoms with Crippen LogP contribution in [0.5, 0.6) is 0 Å². The largest absolute Gasteiger partial charge is 0.379 e. The van der Waals surface area contributed by atoms with E-state index in [1.165, 1.54) is 18.2 Å². The highest BCUT2D eigenvalue weighted by Gasteiger charge is 2.24. The fourth-order valence-corrected chi connectivity index (χ4v) is 1.86. The molecule has 0 saturated carbocycles. The zero-order valence-electron chi connectivity index (χ0n) is 10.3. The highest BCUT2D eigenvalue weighted by Crippen LogP contribution is 2.30. The molecule has 0 bridgehead atoms. The second-order valence-corrected chi connectivity index (χ2v) is 4.96. The molecule has 0 aliphatic rings. The van der Waals surface area contributed by atoms with E-state index in [0.29, 0.717) is 17.0 Å². The lowest BCUT2D eigenvalue weighted by Crippen LogP contribution is -2.35. The first-order valence-corrected chi connectivity index (χ1v) is 5.73. The first-order chi connectivity index (χ1) is 7.89. The van der Waals surface area contributed by atoms with Gasteiger partial charge in [-0.15, -0.1) is 0 Å². The van der Waals surface area contributed by atoms with Gasteiger partial charge in [0.15, 0.2) is 0 Å². The minimum Gasteiger partial charge on any atom is -0.379 e. The number of halogens is 2. The van der Waals surface area contributed by atoms with Crippen molar-refractivity contribution in [1.82, 2.24) is 5.43 Å². The summed E-state index contributed by atoms with van der Waals surface area (Å²) in [6.07, 6.45) is 0.586. The van der Waals surface area contributed by atoms with Crippen LogP contribution in [0.4, 0.5) is 4.39 Å². The minimum atomic E-state index is -0.368. The molecule has 1 aromatic carbocycles. The van der Waals surface area contributed by atoms with Crippen LogP contribution in [0.1, 0.15) is 31.9 Å². The zero-order valence-corrected chi connectivity index (χ0v) is 11.0. The van der Waals surface area contributed by atoms with Crippen molar-refractivity contribution < 1.29 is 9.13 Å². The summed E-state index contributed by atoms with van der Waals surface area (Å²) in [5, 5.41) is 0.487. The van der Waals surface area contributed by atoms with Crippen molar-refractivity contribution in [2.24, 2.45) is 5.84 Å². The van der Waals surface area contributed by atoms with Crippen LogP contribution < -0.4 is 11.3 Å². The molecule has 5 heteroatoms. The van der Waals surface area contributed by atoms with Gasteiger partial charge in [-0.1, -0.05) is 11.6 Å². The van der Waals surface area contributed by atoms with E-state index in [2.05, 4.69) is 5.43 Å². The summed E-state index contributed by atoms with van der Waals surface area (Å²) in [7, 11) is 1.63. The van der Waals surface area contributed by atoms with Crippen molar-refractivity contribution in [2.45, 2.75) is 31.9 Å². The van der Waals surface area contributed by atoms with Crippen LogP contribution in [0.3, 0.4) is 0 Å². The molecule has 0 heterocycles. The van der Waals surface area contributed by atoms with E-state index in [1.54, 1.807) is 7.11 Å². The van der Waals surface area contributed by atoms with E-state index in [-0.39, 0.29) is 17.5 Å². The fourth-order valence-electron chi connectivity index (χ4n) is 1.62. The number of rotatable bonds is 5. The van der Waals surface area contributed by atoms with Crippen LogP contribution >= 0.6 is 11.6 Å². The van der Waals surface area contributed by atoms with Gasteiger partial charge in [-0.3, -0.25) is 11.3 Å². The summed E-state index contributed by atoms with van der Waals surface area (Å²) in [5.41, 5.74) is 2.92.